The van der Waals surface area contributed by atoms with Gasteiger partial charge in [0.1, 0.15) is 0 Å². The van der Waals surface area contributed by atoms with E-state index < -0.39 is 0 Å². The maximum absolute atomic E-state index is 4.96. The van der Waals surface area contributed by atoms with Gasteiger partial charge in [0.2, 0.25) is 0 Å². The molecule has 1 rings (SSSR count). The largest absolute Gasteiger partial charge is 0.383 e. The third-order valence-corrected chi connectivity index (χ3v) is 2.29. The molecule has 0 aliphatic rings. The van der Waals surface area contributed by atoms with Gasteiger partial charge in [-0.25, -0.2) is 0 Å². The molecule has 0 unspecified atom stereocenters. The number of hydrogen-bond donors (Lipinski definition) is 1. The van der Waals surface area contributed by atoms with Crippen LogP contribution in [0.1, 0.15) is 18.4 Å². The van der Waals surface area contributed by atoms with Crippen molar-refractivity contribution in [3.63, 3.8) is 0 Å². The highest BCUT2D eigenvalue weighted by molar-refractivity contribution is 5.03. The van der Waals surface area contributed by atoms with Gasteiger partial charge in [-0.1, -0.05) is 6.08 Å². The quantitative estimate of drug-likeness (QED) is 0.510. The summed E-state index contributed by atoms with van der Waals surface area (Å²) in [5.74, 6) is 0. The Kier molecular flexibility index (Phi) is 6.53. The van der Waals surface area contributed by atoms with Gasteiger partial charge in [0, 0.05) is 38.5 Å². The zero-order valence-electron chi connectivity index (χ0n) is 9.98. The summed E-state index contributed by atoms with van der Waals surface area (Å²) in [5.41, 5.74) is 1.22. The van der Waals surface area contributed by atoms with Crippen molar-refractivity contribution in [2.24, 2.45) is 0 Å². The molecule has 0 spiro atoms. The van der Waals surface area contributed by atoms with Crippen molar-refractivity contribution in [2.75, 3.05) is 20.3 Å². The van der Waals surface area contributed by atoms with Crippen LogP contribution in [-0.2, 0) is 17.8 Å². The highest BCUT2D eigenvalue weighted by atomic mass is 16.5. The molecule has 0 atom stereocenters. The molecule has 0 fully saturated rings. The summed E-state index contributed by atoms with van der Waals surface area (Å²) in [4.78, 5) is 0. The Hall–Kier alpha value is -1.13. The van der Waals surface area contributed by atoms with Gasteiger partial charge >= 0.3 is 0 Å². The monoisotopic (exact) mass is 223 g/mol. The van der Waals surface area contributed by atoms with Gasteiger partial charge in [0.15, 0.2) is 0 Å². The Morgan fingerprint density at radius 3 is 3.25 bits per heavy atom. The Bertz CT molecular complexity index is 296. The fourth-order valence-electron chi connectivity index (χ4n) is 1.42. The minimum atomic E-state index is 0.744. The highest BCUT2D eigenvalue weighted by Gasteiger charge is 1.97. The molecule has 0 aliphatic heterocycles. The van der Waals surface area contributed by atoms with Crippen LogP contribution >= 0.6 is 0 Å². The first-order valence-corrected chi connectivity index (χ1v) is 5.68. The Morgan fingerprint density at radius 1 is 1.62 bits per heavy atom. The van der Waals surface area contributed by atoms with E-state index in [2.05, 4.69) is 23.2 Å². The summed E-state index contributed by atoms with van der Waals surface area (Å²) < 4.78 is 6.94. The number of aryl methyl sites for hydroxylation is 1. The Morgan fingerprint density at radius 2 is 2.50 bits per heavy atom. The summed E-state index contributed by atoms with van der Waals surface area (Å²) in [6.07, 6.45) is 8.08. The standard InChI is InChI=1S/C12H21N3O/c1-3-4-5-7-15-11-12(10-14-15)9-13-6-8-16-2/h3,10-11,13H,1,4-9H2,2H3. The number of unbranched alkanes of at least 4 members (excludes halogenated alkanes) is 1. The van der Waals surface area contributed by atoms with Gasteiger partial charge in [-0.05, 0) is 12.8 Å². The van der Waals surface area contributed by atoms with Gasteiger partial charge < -0.3 is 10.1 Å². The fourth-order valence-corrected chi connectivity index (χ4v) is 1.42. The van der Waals surface area contributed by atoms with Gasteiger partial charge in [-0.2, -0.15) is 5.10 Å². The summed E-state index contributed by atoms with van der Waals surface area (Å²) >= 11 is 0. The SMILES string of the molecule is C=CCCCn1cc(CNCCOC)cn1. The van der Waals surface area contributed by atoms with Crippen LogP contribution in [0.4, 0.5) is 0 Å². The number of ether oxygens (including phenoxy) is 1. The van der Waals surface area contributed by atoms with E-state index in [1.807, 2.05) is 17.0 Å². The predicted octanol–water partition coefficient (Wildman–Crippen LogP) is 1.59. The van der Waals surface area contributed by atoms with E-state index in [1.54, 1.807) is 7.11 Å². The van der Waals surface area contributed by atoms with Crippen molar-refractivity contribution in [2.45, 2.75) is 25.9 Å². The van der Waals surface area contributed by atoms with Crippen molar-refractivity contribution in [3.8, 4) is 0 Å². The van der Waals surface area contributed by atoms with E-state index in [9.17, 15) is 0 Å². The van der Waals surface area contributed by atoms with E-state index in [0.717, 1.165) is 39.1 Å². The molecule has 0 amide bonds. The molecule has 0 saturated heterocycles. The van der Waals surface area contributed by atoms with Crippen molar-refractivity contribution in [1.29, 1.82) is 0 Å². The molecule has 1 aromatic rings. The normalized spacial score (nSPS) is 10.6. The molecule has 90 valence electrons. The van der Waals surface area contributed by atoms with Crippen LogP contribution in [0.3, 0.4) is 0 Å². The van der Waals surface area contributed by atoms with Gasteiger partial charge in [-0.3, -0.25) is 4.68 Å². The molecule has 0 aromatic carbocycles. The van der Waals surface area contributed by atoms with Crippen LogP contribution in [0.15, 0.2) is 25.0 Å². The minimum absolute atomic E-state index is 0.744. The molecular formula is C12H21N3O. The lowest BCUT2D eigenvalue weighted by molar-refractivity contribution is 0.199. The number of rotatable bonds is 9. The van der Waals surface area contributed by atoms with Crippen LogP contribution in [0.5, 0.6) is 0 Å². The van der Waals surface area contributed by atoms with Crippen LogP contribution < -0.4 is 5.32 Å². The molecule has 1 N–H and O–H groups in total. The second-order valence-corrected chi connectivity index (χ2v) is 3.71. The van der Waals surface area contributed by atoms with E-state index in [4.69, 9.17) is 4.74 Å². The smallest absolute Gasteiger partial charge is 0.0587 e. The zero-order valence-corrected chi connectivity index (χ0v) is 9.98. The molecule has 0 bridgehead atoms. The molecule has 4 heteroatoms. The Balaban J connectivity index is 2.20. The van der Waals surface area contributed by atoms with Crippen molar-refractivity contribution >= 4 is 0 Å². The molecule has 16 heavy (non-hydrogen) atoms. The number of methoxy groups -OCH3 is 1. The van der Waals surface area contributed by atoms with E-state index in [-0.39, 0.29) is 0 Å². The first kappa shape index (κ1) is 12.9. The lowest BCUT2D eigenvalue weighted by Crippen LogP contribution is -2.18. The summed E-state index contributed by atoms with van der Waals surface area (Å²) in [5, 5.41) is 7.59. The average Bonchev–Trinajstić information content (AvgIpc) is 2.73. The second-order valence-electron chi connectivity index (χ2n) is 3.71. The van der Waals surface area contributed by atoms with E-state index >= 15 is 0 Å². The van der Waals surface area contributed by atoms with Crippen LogP contribution in [0.25, 0.3) is 0 Å². The van der Waals surface area contributed by atoms with Crippen molar-refractivity contribution in [3.05, 3.63) is 30.6 Å². The van der Waals surface area contributed by atoms with E-state index in [1.165, 1.54) is 5.56 Å². The maximum atomic E-state index is 4.96. The number of nitrogens with one attached hydrogen (secondary N) is 1. The lowest BCUT2D eigenvalue weighted by Gasteiger charge is -2.01. The predicted molar refractivity (Wildman–Crippen MR) is 65.2 cm³/mol. The van der Waals surface area contributed by atoms with Crippen LogP contribution in [0.2, 0.25) is 0 Å². The minimum Gasteiger partial charge on any atom is -0.383 e. The third-order valence-electron chi connectivity index (χ3n) is 2.29. The fraction of sp³-hybridized carbons (Fsp3) is 0.583. The summed E-state index contributed by atoms with van der Waals surface area (Å²) in [6, 6.07) is 0. The van der Waals surface area contributed by atoms with Crippen molar-refractivity contribution in [1.82, 2.24) is 15.1 Å². The van der Waals surface area contributed by atoms with Crippen molar-refractivity contribution < 1.29 is 4.74 Å². The summed E-state index contributed by atoms with van der Waals surface area (Å²) in [6.45, 7) is 7.13. The Labute approximate surface area is 97.3 Å². The van der Waals surface area contributed by atoms with Crippen LogP contribution in [0, 0.1) is 0 Å². The first-order valence-electron chi connectivity index (χ1n) is 5.68. The highest BCUT2D eigenvalue weighted by Crippen LogP contribution is 2.00. The third kappa shape index (κ3) is 5.09. The van der Waals surface area contributed by atoms with Crippen LogP contribution in [-0.4, -0.2) is 30.0 Å². The molecule has 0 saturated carbocycles. The second kappa shape index (κ2) is 8.07. The molecule has 1 aromatic heterocycles. The number of allylic oxidation sites excluding steroid dienone is 1. The first-order chi connectivity index (χ1) is 7.86. The number of nitrogens with zero attached hydrogens (tertiary/aromatic N) is 2. The number of aromatic nitrogens is 2. The van der Waals surface area contributed by atoms with Gasteiger partial charge in [-0.15, -0.1) is 6.58 Å². The lowest BCUT2D eigenvalue weighted by atomic mass is 10.3. The number of hydrogen-bond acceptors (Lipinski definition) is 3. The van der Waals surface area contributed by atoms with Gasteiger partial charge in [0.05, 0.1) is 12.8 Å². The maximum Gasteiger partial charge on any atom is 0.0587 e. The molecule has 1 heterocycles. The molecule has 0 radical (unpaired) electrons. The zero-order chi connectivity index (χ0) is 11.6. The summed E-state index contributed by atoms with van der Waals surface area (Å²) in [7, 11) is 1.71. The molecule has 0 aliphatic carbocycles. The topological polar surface area (TPSA) is 39.1 Å². The molecule has 4 nitrogen and oxygen atoms in total. The van der Waals surface area contributed by atoms with Gasteiger partial charge in [0.25, 0.3) is 0 Å². The molecular weight excluding hydrogens is 202 g/mol. The van der Waals surface area contributed by atoms with E-state index in [0.29, 0.717) is 0 Å². The average molecular weight is 223 g/mol.